The maximum Gasteiger partial charge on any atom is 0.246 e. The molecule has 1 aromatic carbocycles. The Labute approximate surface area is 137 Å². The van der Waals surface area contributed by atoms with Gasteiger partial charge in [0.05, 0.1) is 13.1 Å². The number of benzene rings is 1. The fourth-order valence-corrected chi connectivity index (χ4v) is 1.99. The van der Waals surface area contributed by atoms with E-state index in [1.165, 1.54) is 11.1 Å². The van der Waals surface area contributed by atoms with Crippen LogP contribution in [0.25, 0.3) is 0 Å². The lowest BCUT2D eigenvalue weighted by Gasteiger charge is -2.11. The van der Waals surface area contributed by atoms with Crippen LogP contribution in [0.3, 0.4) is 0 Å². The van der Waals surface area contributed by atoms with Crippen LogP contribution < -0.4 is 10.6 Å². The summed E-state index contributed by atoms with van der Waals surface area (Å²) in [6, 6.07) is 8.40. The molecule has 0 saturated heterocycles. The lowest BCUT2D eigenvalue weighted by Crippen LogP contribution is -2.37. The van der Waals surface area contributed by atoms with E-state index in [-0.39, 0.29) is 0 Å². The van der Waals surface area contributed by atoms with Crippen molar-refractivity contribution in [1.29, 1.82) is 0 Å². The fraction of sp³-hybridized carbons (Fsp3) is 0.471. The van der Waals surface area contributed by atoms with Crippen molar-refractivity contribution in [2.75, 3.05) is 6.54 Å². The minimum absolute atomic E-state index is 0.465. The minimum atomic E-state index is 0.465. The van der Waals surface area contributed by atoms with Gasteiger partial charge in [0.25, 0.3) is 0 Å². The van der Waals surface area contributed by atoms with Crippen molar-refractivity contribution in [2.45, 2.75) is 46.7 Å². The van der Waals surface area contributed by atoms with E-state index >= 15 is 0 Å². The summed E-state index contributed by atoms with van der Waals surface area (Å²) in [5.41, 5.74) is 2.43. The summed E-state index contributed by atoms with van der Waals surface area (Å²) < 4.78 is 5.11. The first-order valence-electron chi connectivity index (χ1n) is 8.04. The molecule has 0 aliphatic heterocycles. The first kappa shape index (κ1) is 17.0. The van der Waals surface area contributed by atoms with E-state index in [9.17, 15) is 0 Å². The number of unbranched alkanes of at least 4 members (excludes halogenated alkanes) is 1. The number of rotatable bonds is 7. The summed E-state index contributed by atoms with van der Waals surface area (Å²) in [6.07, 6.45) is 2.24. The highest BCUT2D eigenvalue weighted by Crippen LogP contribution is 2.04. The second-order valence-corrected chi connectivity index (χ2v) is 5.52. The van der Waals surface area contributed by atoms with Gasteiger partial charge in [0.1, 0.15) is 0 Å². The smallest absolute Gasteiger partial charge is 0.246 e. The average Bonchev–Trinajstić information content (AvgIpc) is 2.96. The van der Waals surface area contributed by atoms with Gasteiger partial charge in [-0.2, -0.15) is 4.98 Å². The Morgan fingerprint density at radius 1 is 1.17 bits per heavy atom. The molecule has 0 amide bonds. The number of hydrogen-bond acceptors (Lipinski definition) is 4. The standard InChI is InChI=1S/C17H25N5O/c1-4-5-10-18-17(20-12-16-21-14(3)22-23-16)19-11-15-8-6-13(2)7-9-15/h6-9H,4-5,10-12H2,1-3H3,(H2,18,19,20). The van der Waals surface area contributed by atoms with Crippen LogP contribution in [0.4, 0.5) is 0 Å². The molecule has 23 heavy (non-hydrogen) atoms. The molecule has 0 spiro atoms. The summed E-state index contributed by atoms with van der Waals surface area (Å²) in [5.74, 6) is 1.96. The van der Waals surface area contributed by atoms with E-state index < -0.39 is 0 Å². The summed E-state index contributed by atoms with van der Waals surface area (Å²) in [6.45, 7) is 8.04. The highest BCUT2D eigenvalue weighted by Gasteiger charge is 2.04. The van der Waals surface area contributed by atoms with E-state index in [4.69, 9.17) is 4.52 Å². The highest BCUT2D eigenvalue weighted by atomic mass is 16.5. The largest absolute Gasteiger partial charge is 0.356 e. The number of hydrogen-bond donors (Lipinski definition) is 2. The predicted octanol–water partition coefficient (Wildman–Crippen LogP) is 2.72. The van der Waals surface area contributed by atoms with E-state index in [0.717, 1.165) is 25.3 Å². The number of nitrogens with one attached hydrogen (secondary N) is 2. The van der Waals surface area contributed by atoms with E-state index in [1.54, 1.807) is 6.92 Å². The van der Waals surface area contributed by atoms with Crippen molar-refractivity contribution in [3.63, 3.8) is 0 Å². The zero-order valence-corrected chi connectivity index (χ0v) is 14.1. The predicted molar refractivity (Wildman–Crippen MR) is 91.1 cm³/mol. The lowest BCUT2D eigenvalue weighted by molar-refractivity contribution is 0.371. The molecular formula is C17H25N5O. The Morgan fingerprint density at radius 2 is 1.96 bits per heavy atom. The molecule has 2 aromatic rings. The van der Waals surface area contributed by atoms with Gasteiger partial charge in [-0.25, -0.2) is 4.99 Å². The normalized spacial score (nSPS) is 11.5. The van der Waals surface area contributed by atoms with Gasteiger partial charge in [0.2, 0.25) is 5.89 Å². The van der Waals surface area contributed by atoms with Crippen LogP contribution in [-0.2, 0) is 13.1 Å². The highest BCUT2D eigenvalue weighted by molar-refractivity contribution is 5.79. The van der Waals surface area contributed by atoms with Crippen molar-refractivity contribution in [1.82, 2.24) is 20.8 Å². The van der Waals surface area contributed by atoms with Crippen molar-refractivity contribution >= 4 is 5.96 Å². The minimum Gasteiger partial charge on any atom is -0.356 e. The van der Waals surface area contributed by atoms with Gasteiger partial charge < -0.3 is 15.2 Å². The van der Waals surface area contributed by atoms with Gasteiger partial charge in [-0.3, -0.25) is 0 Å². The fourth-order valence-electron chi connectivity index (χ4n) is 1.99. The lowest BCUT2D eigenvalue weighted by atomic mass is 10.1. The molecule has 1 aromatic heterocycles. The Bertz CT molecular complexity index is 618. The van der Waals surface area contributed by atoms with Crippen molar-refractivity contribution in [3.05, 3.63) is 47.1 Å². The molecule has 0 unspecified atom stereocenters. The monoisotopic (exact) mass is 315 g/mol. The number of aromatic nitrogens is 2. The van der Waals surface area contributed by atoms with Gasteiger partial charge in [-0.1, -0.05) is 48.3 Å². The van der Waals surface area contributed by atoms with E-state index in [0.29, 0.717) is 24.8 Å². The zero-order valence-electron chi connectivity index (χ0n) is 14.1. The van der Waals surface area contributed by atoms with Gasteiger partial charge in [0, 0.05) is 6.54 Å². The molecule has 2 rings (SSSR count). The molecule has 0 aliphatic carbocycles. The average molecular weight is 315 g/mol. The third kappa shape index (κ3) is 6.10. The molecule has 6 nitrogen and oxygen atoms in total. The topological polar surface area (TPSA) is 75.3 Å². The van der Waals surface area contributed by atoms with Crippen LogP contribution in [0.15, 0.2) is 33.8 Å². The van der Waals surface area contributed by atoms with Crippen LogP contribution in [0.1, 0.15) is 42.6 Å². The number of aryl methyl sites for hydroxylation is 2. The third-order valence-electron chi connectivity index (χ3n) is 3.34. The first-order valence-corrected chi connectivity index (χ1v) is 8.04. The molecule has 0 saturated carbocycles. The third-order valence-corrected chi connectivity index (χ3v) is 3.34. The summed E-state index contributed by atoms with van der Waals surface area (Å²) in [4.78, 5) is 8.81. The molecule has 0 bridgehead atoms. The van der Waals surface area contributed by atoms with Crippen molar-refractivity contribution < 1.29 is 4.52 Å². The maximum absolute atomic E-state index is 5.11. The first-order chi connectivity index (χ1) is 11.2. The van der Waals surface area contributed by atoms with Crippen LogP contribution in [0.5, 0.6) is 0 Å². The van der Waals surface area contributed by atoms with Crippen LogP contribution in [-0.4, -0.2) is 22.6 Å². The Hall–Kier alpha value is -2.37. The van der Waals surface area contributed by atoms with E-state index in [1.807, 2.05) is 0 Å². The van der Waals surface area contributed by atoms with Gasteiger partial charge >= 0.3 is 0 Å². The number of aliphatic imine (C=N–C) groups is 1. The molecular weight excluding hydrogens is 290 g/mol. The quantitative estimate of drug-likeness (QED) is 0.467. The molecule has 6 heteroatoms. The molecule has 0 atom stereocenters. The summed E-state index contributed by atoms with van der Waals surface area (Å²) in [7, 11) is 0. The molecule has 1 heterocycles. The van der Waals surface area contributed by atoms with Crippen LogP contribution in [0.2, 0.25) is 0 Å². The Balaban J connectivity index is 1.94. The molecule has 0 aliphatic rings. The van der Waals surface area contributed by atoms with Crippen molar-refractivity contribution in [3.8, 4) is 0 Å². The summed E-state index contributed by atoms with van der Waals surface area (Å²) >= 11 is 0. The van der Waals surface area contributed by atoms with E-state index in [2.05, 4.69) is 63.9 Å². The number of guanidine groups is 1. The van der Waals surface area contributed by atoms with Crippen LogP contribution >= 0.6 is 0 Å². The zero-order chi connectivity index (χ0) is 16.5. The molecule has 0 radical (unpaired) electrons. The summed E-state index contributed by atoms with van der Waals surface area (Å²) in [5, 5.41) is 10.3. The van der Waals surface area contributed by atoms with Gasteiger partial charge in [-0.15, -0.1) is 0 Å². The number of nitrogens with zero attached hydrogens (tertiary/aromatic N) is 3. The van der Waals surface area contributed by atoms with Gasteiger partial charge in [-0.05, 0) is 25.8 Å². The molecule has 124 valence electrons. The second-order valence-electron chi connectivity index (χ2n) is 5.52. The molecule has 2 N–H and O–H groups in total. The maximum atomic E-state index is 5.11. The SMILES string of the molecule is CCCCNC(=NCc1ccc(C)cc1)NCc1nc(C)no1. The molecule has 0 fully saturated rings. The van der Waals surface area contributed by atoms with Crippen molar-refractivity contribution in [2.24, 2.45) is 4.99 Å². The van der Waals surface area contributed by atoms with Crippen LogP contribution in [0, 0.1) is 13.8 Å². The van der Waals surface area contributed by atoms with Gasteiger partial charge in [0.15, 0.2) is 11.8 Å². The Kier molecular flexibility index (Phi) is 6.59. The second kappa shape index (κ2) is 8.92. The Morgan fingerprint density at radius 3 is 2.61 bits per heavy atom.